The molecule has 0 unspecified atom stereocenters. The number of aliphatic carboxylic acids is 1. The van der Waals surface area contributed by atoms with Crippen molar-refractivity contribution in [1.82, 2.24) is 0 Å². The van der Waals surface area contributed by atoms with Gasteiger partial charge < -0.3 is 24.3 Å². The van der Waals surface area contributed by atoms with E-state index in [1.807, 2.05) is 6.92 Å². The number of carbonyl (C=O) groups is 1. The summed E-state index contributed by atoms with van der Waals surface area (Å²) in [6, 6.07) is 15.4. The molecule has 0 aliphatic carbocycles. The lowest BCUT2D eigenvalue weighted by Crippen LogP contribution is -2.36. The molecule has 7 nitrogen and oxygen atoms in total. The van der Waals surface area contributed by atoms with Crippen LogP contribution < -0.4 is 9.64 Å². The van der Waals surface area contributed by atoms with Crippen molar-refractivity contribution in [2.75, 3.05) is 44.4 Å². The zero-order chi connectivity index (χ0) is 21.2. The number of hydrogen-bond acceptors (Lipinski definition) is 6. The third-order valence-corrected chi connectivity index (χ3v) is 4.78. The van der Waals surface area contributed by atoms with Gasteiger partial charge in [0, 0.05) is 18.8 Å². The molecule has 1 heterocycles. The van der Waals surface area contributed by atoms with Crippen molar-refractivity contribution in [2.45, 2.75) is 19.8 Å². The Morgan fingerprint density at radius 3 is 2.60 bits per heavy atom. The number of carboxylic acids is 1. The summed E-state index contributed by atoms with van der Waals surface area (Å²) >= 11 is 0. The number of nitrogens with zero attached hydrogens (tertiary/aromatic N) is 2. The fraction of sp³-hybridized carbons (Fsp3) is 0.391. The highest BCUT2D eigenvalue weighted by atomic mass is 16.6. The number of benzene rings is 2. The second-order valence-corrected chi connectivity index (χ2v) is 6.94. The van der Waals surface area contributed by atoms with Crippen molar-refractivity contribution in [3.8, 4) is 5.75 Å². The number of carboxylic acid groups (broad SMARTS) is 1. The lowest BCUT2D eigenvalue weighted by molar-refractivity contribution is -0.136. The number of ether oxygens (including phenoxy) is 2. The van der Waals surface area contributed by atoms with Crippen LogP contribution in [0.4, 0.5) is 5.69 Å². The Kier molecular flexibility index (Phi) is 8.09. The number of rotatable bonds is 10. The van der Waals surface area contributed by atoms with Crippen LogP contribution in [0.25, 0.3) is 0 Å². The Morgan fingerprint density at radius 2 is 1.90 bits per heavy atom. The highest BCUT2D eigenvalue weighted by Crippen LogP contribution is 2.18. The molecule has 160 valence electrons. The molecule has 2 aromatic carbocycles. The van der Waals surface area contributed by atoms with Gasteiger partial charge in [0.2, 0.25) is 0 Å². The van der Waals surface area contributed by atoms with Gasteiger partial charge in [0.25, 0.3) is 0 Å². The summed E-state index contributed by atoms with van der Waals surface area (Å²) in [7, 11) is 0. The monoisotopic (exact) mass is 412 g/mol. The average molecular weight is 412 g/mol. The molecule has 1 fully saturated rings. The highest BCUT2D eigenvalue weighted by molar-refractivity contribution is 6.00. The van der Waals surface area contributed by atoms with Crippen molar-refractivity contribution in [3.63, 3.8) is 0 Å². The van der Waals surface area contributed by atoms with Crippen LogP contribution in [0.3, 0.4) is 0 Å². The maximum atomic E-state index is 10.8. The van der Waals surface area contributed by atoms with Crippen LogP contribution in [-0.4, -0.2) is 56.3 Å². The van der Waals surface area contributed by atoms with E-state index in [4.69, 9.17) is 19.4 Å². The lowest BCUT2D eigenvalue weighted by Gasteiger charge is -2.28. The SMILES string of the molecule is CC/C(=N\OCCOc1cccc(CC(=O)O)c1)c1ccc(N2CCOCC2)cc1. The van der Waals surface area contributed by atoms with Gasteiger partial charge in [-0.3, -0.25) is 4.79 Å². The fourth-order valence-electron chi connectivity index (χ4n) is 3.25. The smallest absolute Gasteiger partial charge is 0.307 e. The first-order chi connectivity index (χ1) is 14.7. The third kappa shape index (κ3) is 6.49. The largest absolute Gasteiger partial charge is 0.490 e. The van der Waals surface area contributed by atoms with E-state index >= 15 is 0 Å². The first-order valence-electron chi connectivity index (χ1n) is 10.2. The van der Waals surface area contributed by atoms with Crippen LogP contribution in [0.15, 0.2) is 53.7 Å². The molecular formula is C23H28N2O5. The number of anilines is 1. The van der Waals surface area contributed by atoms with Gasteiger partial charge in [-0.25, -0.2) is 0 Å². The van der Waals surface area contributed by atoms with E-state index in [9.17, 15) is 4.79 Å². The first-order valence-corrected chi connectivity index (χ1v) is 10.2. The molecule has 0 amide bonds. The predicted octanol–water partition coefficient (Wildman–Crippen LogP) is 3.36. The Bertz CT molecular complexity index is 845. The predicted molar refractivity (Wildman–Crippen MR) is 116 cm³/mol. The number of hydrogen-bond donors (Lipinski definition) is 1. The molecule has 2 aromatic rings. The van der Waals surface area contributed by atoms with Crippen molar-refractivity contribution in [1.29, 1.82) is 0 Å². The Balaban J connectivity index is 1.48. The van der Waals surface area contributed by atoms with Crippen LogP contribution >= 0.6 is 0 Å². The summed E-state index contributed by atoms with van der Waals surface area (Å²) in [4.78, 5) is 18.6. The molecule has 0 saturated carbocycles. The Hall–Kier alpha value is -3.06. The zero-order valence-corrected chi connectivity index (χ0v) is 17.3. The van der Waals surface area contributed by atoms with Gasteiger partial charge in [0.15, 0.2) is 6.61 Å². The molecule has 0 bridgehead atoms. The van der Waals surface area contributed by atoms with Crippen molar-refractivity contribution < 1.29 is 24.2 Å². The van der Waals surface area contributed by atoms with Gasteiger partial charge in [-0.05, 0) is 41.8 Å². The molecule has 0 atom stereocenters. The van der Waals surface area contributed by atoms with Crippen molar-refractivity contribution in [2.24, 2.45) is 5.16 Å². The maximum Gasteiger partial charge on any atom is 0.307 e. The molecule has 1 N–H and O–H groups in total. The zero-order valence-electron chi connectivity index (χ0n) is 17.3. The van der Waals surface area contributed by atoms with E-state index in [0.717, 1.165) is 44.0 Å². The lowest BCUT2D eigenvalue weighted by atomic mass is 10.1. The van der Waals surface area contributed by atoms with Crippen molar-refractivity contribution >= 4 is 17.4 Å². The maximum absolute atomic E-state index is 10.8. The second-order valence-electron chi connectivity index (χ2n) is 6.94. The minimum atomic E-state index is -0.866. The average Bonchev–Trinajstić information content (AvgIpc) is 2.77. The summed E-state index contributed by atoms with van der Waals surface area (Å²) in [5.74, 6) is -0.245. The number of oxime groups is 1. The number of morpholine rings is 1. The fourth-order valence-corrected chi connectivity index (χ4v) is 3.25. The molecule has 30 heavy (non-hydrogen) atoms. The van der Waals surface area contributed by atoms with Crippen LogP contribution in [-0.2, 0) is 20.8 Å². The van der Waals surface area contributed by atoms with Gasteiger partial charge in [-0.2, -0.15) is 0 Å². The van der Waals surface area contributed by atoms with E-state index in [-0.39, 0.29) is 6.42 Å². The van der Waals surface area contributed by atoms with E-state index in [1.54, 1.807) is 24.3 Å². The molecule has 1 aliphatic rings. The highest BCUT2D eigenvalue weighted by Gasteiger charge is 2.11. The molecule has 1 saturated heterocycles. The van der Waals surface area contributed by atoms with E-state index in [1.165, 1.54) is 5.69 Å². The van der Waals surface area contributed by atoms with E-state index in [2.05, 4.69) is 34.3 Å². The third-order valence-electron chi connectivity index (χ3n) is 4.78. The van der Waals surface area contributed by atoms with Gasteiger partial charge in [0.1, 0.15) is 12.4 Å². The second kappa shape index (κ2) is 11.2. The normalized spacial score (nSPS) is 14.4. The van der Waals surface area contributed by atoms with Gasteiger partial charge in [-0.15, -0.1) is 0 Å². The quantitative estimate of drug-likeness (QED) is 0.366. The molecule has 7 heteroatoms. The molecule has 0 spiro atoms. The van der Waals surface area contributed by atoms with E-state index < -0.39 is 5.97 Å². The van der Waals surface area contributed by atoms with Crippen LogP contribution in [0.5, 0.6) is 5.75 Å². The summed E-state index contributed by atoms with van der Waals surface area (Å²) in [6.45, 7) is 6.03. The Morgan fingerprint density at radius 1 is 1.13 bits per heavy atom. The standard InChI is InChI=1S/C23H28N2O5/c1-2-22(19-6-8-20(9-7-19)25-10-12-28-13-11-25)24-30-15-14-29-21-5-3-4-18(16-21)17-23(26)27/h3-9,16H,2,10-15,17H2,1H3,(H,26,27)/b24-22+. The minimum absolute atomic E-state index is 0.0256. The summed E-state index contributed by atoms with van der Waals surface area (Å²) < 4.78 is 11.0. The van der Waals surface area contributed by atoms with Crippen LogP contribution in [0, 0.1) is 0 Å². The van der Waals surface area contributed by atoms with Crippen molar-refractivity contribution in [3.05, 3.63) is 59.7 Å². The first kappa shape index (κ1) is 21.6. The summed E-state index contributed by atoms with van der Waals surface area (Å²) in [5, 5.41) is 13.1. The summed E-state index contributed by atoms with van der Waals surface area (Å²) in [6.07, 6.45) is 0.733. The van der Waals surface area contributed by atoms with Gasteiger partial charge in [-0.1, -0.05) is 36.3 Å². The van der Waals surface area contributed by atoms with Crippen LogP contribution in [0.2, 0.25) is 0 Å². The molecule has 1 aliphatic heterocycles. The van der Waals surface area contributed by atoms with Gasteiger partial charge >= 0.3 is 5.97 Å². The molecule has 0 radical (unpaired) electrons. The molecular weight excluding hydrogens is 384 g/mol. The van der Waals surface area contributed by atoms with Gasteiger partial charge in [0.05, 0.1) is 25.3 Å². The van der Waals surface area contributed by atoms with Crippen LogP contribution in [0.1, 0.15) is 24.5 Å². The molecule has 0 aromatic heterocycles. The topological polar surface area (TPSA) is 80.6 Å². The van der Waals surface area contributed by atoms with E-state index in [0.29, 0.717) is 24.5 Å². The molecule has 3 rings (SSSR count). The summed E-state index contributed by atoms with van der Waals surface area (Å²) in [5.41, 5.74) is 3.81. The Labute approximate surface area is 176 Å². The minimum Gasteiger partial charge on any atom is -0.490 e.